The summed E-state index contributed by atoms with van der Waals surface area (Å²) in [5, 5.41) is 1.65. The number of ether oxygens (including phenoxy) is 7. The van der Waals surface area contributed by atoms with Gasteiger partial charge in [0.2, 0.25) is 6.79 Å². The molecule has 5 heterocycles. The van der Waals surface area contributed by atoms with Crippen molar-refractivity contribution < 1.29 is 38.0 Å². The molecule has 3 saturated heterocycles. The van der Waals surface area contributed by atoms with Crippen LogP contribution in [0.5, 0.6) is 28.7 Å². The van der Waals surface area contributed by atoms with Crippen LogP contribution >= 0.6 is 0 Å². The second-order valence-electron chi connectivity index (χ2n) is 10.3. The second kappa shape index (κ2) is 9.81. The van der Waals surface area contributed by atoms with Crippen molar-refractivity contribution in [1.29, 1.82) is 0 Å². The molecule has 0 aliphatic carbocycles. The highest BCUT2D eigenvalue weighted by molar-refractivity contribution is 6.14. The molecule has 204 valence electrons. The molecule has 39 heavy (non-hydrogen) atoms. The van der Waals surface area contributed by atoms with E-state index in [9.17, 15) is 4.79 Å². The van der Waals surface area contributed by atoms with Crippen LogP contribution in [0.1, 0.15) is 35.2 Å². The Morgan fingerprint density at radius 1 is 0.949 bits per heavy atom. The highest BCUT2D eigenvalue weighted by atomic mass is 16.7. The van der Waals surface area contributed by atoms with E-state index in [1.807, 2.05) is 30.3 Å². The Labute approximate surface area is 226 Å². The molecule has 0 amide bonds. The predicted octanol–water partition coefficient (Wildman–Crippen LogP) is 4.56. The number of methoxy groups -OCH3 is 2. The Morgan fingerprint density at radius 2 is 1.77 bits per heavy atom. The molecule has 5 aliphatic rings. The first-order valence-electron chi connectivity index (χ1n) is 13.4. The minimum absolute atomic E-state index is 0.151. The quantitative estimate of drug-likeness (QED) is 0.306. The summed E-state index contributed by atoms with van der Waals surface area (Å²) in [6.45, 7) is 3.61. The third kappa shape index (κ3) is 4.11. The highest BCUT2D eigenvalue weighted by Crippen LogP contribution is 2.49. The van der Waals surface area contributed by atoms with Crippen molar-refractivity contribution in [2.75, 3.05) is 47.3 Å². The maximum atomic E-state index is 13.2. The van der Waals surface area contributed by atoms with Crippen LogP contribution in [0.2, 0.25) is 0 Å². The van der Waals surface area contributed by atoms with E-state index < -0.39 is 0 Å². The molecule has 3 aromatic rings. The molecule has 0 aromatic heterocycles. The van der Waals surface area contributed by atoms with Crippen LogP contribution in [0, 0.1) is 0 Å². The number of hydrogen-bond donors (Lipinski definition) is 0. The Bertz CT molecular complexity index is 1450. The molecule has 9 nitrogen and oxygen atoms in total. The molecule has 2 bridgehead atoms. The first-order valence-corrected chi connectivity index (χ1v) is 13.4. The van der Waals surface area contributed by atoms with Gasteiger partial charge in [0.25, 0.3) is 0 Å². The number of carbonyl (C=O) groups excluding carboxylic acids is 1. The van der Waals surface area contributed by atoms with Crippen LogP contribution in [0.15, 0.2) is 30.3 Å². The lowest BCUT2D eigenvalue weighted by Gasteiger charge is -2.45. The summed E-state index contributed by atoms with van der Waals surface area (Å²) >= 11 is 0. The van der Waals surface area contributed by atoms with Crippen molar-refractivity contribution in [3.05, 3.63) is 41.5 Å². The number of morpholine rings is 1. The molecule has 2 atom stereocenters. The fraction of sp³-hybridized carbons (Fsp3) is 0.433. The van der Waals surface area contributed by atoms with Crippen molar-refractivity contribution in [3.8, 4) is 39.9 Å². The summed E-state index contributed by atoms with van der Waals surface area (Å²) in [4.78, 5) is 15.7. The number of rotatable bonds is 8. The molecule has 2 unspecified atom stereocenters. The van der Waals surface area contributed by atoms with Crippen LogP contribution in [-0.2, 0) is 16.1 Å². The van der Waals surface area contributed by atoms with Gasteiger partial charge >= 0.3 is 5.97 Å². The maximum Gasteiger partial charge on any atom is 0.339 e. The van der Waals surface area contributed by atoms with E-state index in [2.05, 4.69) is 4.90 Å². The van der Waals surface area contributed by atoms with E-state index in [1.54, 1.807) is 14.2 Å². The summed E-state index contributed by atoms with van der Waals surface area (Å²) < 4.78 is 40.4. The van der Waals surface area contributed by atoms with E-state index in [0.717, 1.165) is 60.0 Å². The fourth-order valence-electron chi connectivity index (χ4n) is 6.28. The van der Waals surface area contributed by atoms with Gasteiger partial charge in [-0.05, 0) is 54.5 Å². The number of fused-ring (bicyclic) bond motifs is 6. The number of benzene rings is 3. The van der Waals surface area contributed by atoms with Gasteiger partial charge in [-0.25, -0.2) is 4.79 Å². The van der Waals surface area contributed by atoms with Crippen LogP contribution in [0.25, 0.3) is 21.9 Å². The van der Waals surface area contributed by atoms with E-state index >= 15 is 0 Å². The summed E-state index contributed by atoms with van der Waals surface area (Å²) in [5.74, 6) is 2.74. The summed E-state index contributed by atoms with van der Waals surface area (Å²) in [6.07, 6.45) is 3.58. The topological polar surface area (TPSA) is 84.9 Å². The molecule has 0 saturated carbocycles. The molecular weight excluding hydrogens is 502 g/mol. The zero-order valence-corrected chi connectivity index (χ0v) is 22.1. The predicted molar refractivity (Wildman–Crippen MR) is 142 cm³/mol. The SMILES string of the molecule is COc1cc2c(OCCCN3CC4CCC3CO4)c3c(c(-c4ccc5c(c4)OCO5)c2cc1OC)C(=O)OC3. The van der Waals surface area contributed by atoms with Crippen LogP contribution in [0.4, 0.5) is 0 Å². The minimum Gasteiger partial charge on any atom is -0.493 e. The van der Waals surface area contributed by atoms with Crippen LogP contribution < -0.4 is 23.7 Å². The molecule has 0 radical (unpaired) electrons. The second-order valence-corrected chi connectivity index (χ2v) is 10.3. The Morgan fingerprint density at radius 3 is 2.51 bits per heavy atom. The first-order chi connectivity index (χ1) is 19.1. The lowest BCUT2D eigenvalue weighted by molar-refractivity contribution is -0.106. The lowest BCUT2D eigenvalue weighted by atomic mass is 9.89. The van der Waals surface area contributed by atoms with Crippen molar-refractivity contribution in [2.24, 2.45) is 0 Å². The monoisotopic (exact) mass is 533 g/mol. The average Bonchev–Trinajstić information content (AvgIpc) is 3.61. The third-order valence-corrected chi connectivity index (χ3v) is 8.21. The number of hydrogen-bond acceptors (Lipinski definition) is 9. The number of esters is 1. The smallest absolute Gasteiger partial charge is 0.339 e. The normalized spacial score (nSPS) is 21.2. The number of piperidine rings is 1. The van der Waals surface area contributed by atoms with E-state index in [4.69, 9.17) is 33.2 Å². The summed E-state index contributed by atoms with van der Waals surface area (Å²) in [7, 11) is 3.21. The summed E-state index contributed by atoms with van der Waals surface area (Å²) in [5.41, 5.74) is 2.82. The molecule has 8 rings (SSSR count). The van der Waals surface area contributed by atoms with Gasteiger partial charge in [-0.1, -0.05) is 6.07 Å². The molecule has 3 aromatic carbocycles. The Balaban J connectivity index is 1.29. The van der Waals surface area contributed by atoms with E-state index in [1.165, 1.54) is 6.42 Å². The zero-order chi connectivity index (χ0) is 26.5. The van der Waals surface area contributed by atoms with E-state index in [0.29, 0.717) is 53.1 Å². The van der Waals surface area contributed by atoms with Crippen molar-refractivity contribution in [2.45, 2.75) is 38.0 Å². The molecule has 9 heteroatoms. The molecule has 0 N–H and O–H groups in total. The summed E-state index contributed by atoms with van der Waals surface area (Å²) in [6, 6.07) is 10.0. The van der Waals surface area contributed by atoms with Gasteiger partial charge < -0.3 is 33.2 Å². The van der Waals surface area contributed by atoms with Gasteiger partial charge in [0.1, 0.15) is 12.4 Å². The van der Waals surface area contributed by atoms with Gasteiger partial charge in [-0.15, -0.1) is 0 Å². The van der Waals surface area contributed by atoms with Gasteiger partial charge in [-0.3, -0.25) is 4.90 Å². The first kappa shape index (κ1) is 24.4. The number of nitrogens with zero attached hydrogens (tertiary/aromatic N) is 1. The zero-order valence-electron chi connectivity index (χ0n) is 22.1. The Hall–Kier alpha value is -3.69. The van der Waals surface area contributed by atoms with Crippen LogP contribution in [-0.4, -0.2) is 70.3 Å². The lowest BCUT2D eigenvalue weighted by Crippen LogP contribution is -2.54. The van der Waals surface area contributed by atoms with Gasteiger partial charge in [0, 0.05) is 35.6 Å². The third-order valence-electron chi connectivity index (χ3n) is 8.21. The van der Waals surface area contributed by atoms with Gasteiger partial charge in [0.15, 0.2) is 23.0 Å². The fourth-order valence-corrected chi connectivity index (χ4v) is 6.28. The van der Waals surface area contributed by atoms with Gasteiger partial charge in [0.05, 0.1) is 39.1 Å². The average molecular weight is 534 g/mol. The molecule has 0 spiro atoms. The van der Waals surface area contributed by atoms with Crippen molar-refractivity contribution in [1.82, 2.24) is 4.90 Å². The maximum absolute atomic E-state index is 13.2. The largest absolute Gasteiger partial charge is 0.493 e. The van der Waals surface area contributed by atoms with E-state index in [-0.39, 0.29) is 19.4 Å². The Kier molecular flexibility index (Phi) is 6.12. The minimum atomic E-state index is -0.372. The number of cyclic esters (lactones) is 1. The molecule has 5 aliphatic heterocycles. The standard InChI is InChI=1S/C30H31NO8/c1-33-24-11-20-21(12-25(24)34-2)29(35-9-3-8-31-13-19-6-5-18(31)14-36-19)22-15-37-30(32)28(22)27(20)17-4-7-23-26(10-17)39-16-38-23/h4,7,10-12,18-19H,3,5-6,8-9,13-16H2,1-2H3. The highest BCUT2D eigenvalue weighted by Gasteiger charge is 2.35. The van der Waals surface area contributed by atoms with Gasteiger partial charge in [-0.2, -0.15) is 0 Å². The number of carbonyl (C=O) groups is 1. The molecular formula is C30H31NO8. The van der Waals surface area contributed by atoms with Crippen LogP contribution in [0.3, 0.4) is 0 Å². The van der Waals surface area contributed by atoms with Crippen molar-refractivity contribution >= 4 is 16.7 Å². The van der Waals surface area contributed by atoms with Crippen molar-refractivity contribution in [3.63, 3.8) is 0 Å². The molecule has 3 fully saturated rings.